The quantitative estimate of drug-likeness (QED) is 0.752. The second kappa shape index (κ2) is 7.94. The third kappa shape index (κ3) is 3.48. The van der Waals surface area contributed by atoms with Gasteiger partial charge in [-0.05, 0) is 19.3 Å². The molecule has 2 saturated heterocycles. The Morgan fingerprint density at radius 2 is 1.73 bits per heavy atom. The number of anilines is 2. The van der Waals surface area contributed by atoms with Crippen molar-refractivity contribution in [2.45, 2.75) is 39.3 Å². The van der Waals surface area contributed by atoms with Crippen molar-refractivity contribution >= 4 is 17.4 Å². The summed E-state index contributed by atoms with van der Waals surface area (Å²) < 4.78 is 7.79. The minimum absolute atomic E-state index is 0.175. The van der Waals surface area contributed by atoms with Crippen LogP contribution in [0.4, 0.5) is 11.5 Å². The Morgan fingerprint density at radius 1 is 1.08 bits per heavy atom. The Morgan fingerprint density at radius 3 is 2.35 bits per heavy atom. The molecule has 0 saturated carbocycles. The third-order valence-corrected chi connectivity index (χ3v) is 4.97. The van der Waals surface area contributed by atoms with Gasteiger partial charge in [0.15, 0.2) is 0 Å². The minimum atomic E-state index is -0.515. The fraction of sp³-hybridized carbons (Fsp3) is 0.706. The molecule has 2 aliphatic rings. The zero-order chi connectivity index (χ0) is 18.7. The van der Waals surface area contributed by atoms with Gasteiger partial charge in [0.1, 0.15) is 18.1 Å². The van der Waals surface area contributed by atoms with E-state index in [2.05, 4.69) is 0 Å². The standard InChI is InChI=1S/C17H27N5O4/c1-2-5-21-15(18)14(20-8-10-26-11-9-20)16(24)22(17(21)25)12-13(23)19-6-3-4-7-19/h2-12,18H2,1H3. The molecule has 9 nitrogen and oxygen atoms in total. The maximum Gasteiger partial charge on any atom is 0.333 e. The summed E-state index contributed by atoms with van der Waals surface area (Å²) in [4.78, 5) is 41.9. The number of hydrogen-bond donors (Lipinski definition) is 1. The second-order valence-corrected chi connectivity index (χ2v) is 6.75. The number of rotatable bonds is 5. The van der Waals surface area contributed by atoms with Gasteiger partial charge in [-0.3, -0.25) is 14.2 Å². The van der Waals surface area contributed by atoms with Crippen molar-refractivity contribution in [1.82, 2.24) is 14.0 Å². The highest BCUT2D eigenvalue weighted by Gasteiger charge is 2.26. The Hall–Kier alpha value is -2.29. The number of nitrogen functional groups attached to an aromatic ring is 1. The van der Waals surface area contributed by atoms with E-state index in [1.54, 1.807) is 4.90 Å². The van der Waals surface area contributed by atoms with Gasteiger partial charge in [-0.15, -0.1) is 0 Å². The van der Waals surface area contributed by atoms with Crippen LogP contribution in [-0.2, 0) is 22.6 Å². The first kappa shape index (κ1) is 18.5. The van der Waals surface area contributed by atoms with Gasteiger partial charge in [0.2, 0.25) is 5.91 Å². The van der Waals surface area contributed by atoms with Crippen LogP contribution in [0.25, 0.3) is 0 Å². The summed E-state index contributed by atoms with van der Waals surface area (Å²) in [6, 6.07) is 0. The van der Waals surface area contributed by atoms with Gasteiger partial charge >= 0.3 is 5.69 Å². The van der Waals surface area contributed by atoms with Crippen LogP contribution in [0.5, 0.6) is 0 Å². The number of morpholine rings is 1. The molecule has 3 rings (SSSR count). The zero-order valence-electron chi connectivity index (χ0n) is 15.3. The van der Waals surface area contributed by atoms with E-state index < -0.39 is 11.2 Å². The van der Waals surface area contributed by atoms with Gasteiger partial charge in [0, 0.05) is 32.7 Å². The van der Waals surface area contributed by atoms with Crippen LogP contribution in [-0.4, -0.2) is 59.3 Å². The van der Waals surface area contributed by atoms with Gasteiger partial charge in [-0.2, -0.15) is 0 Å². The molecule has 2 aliphatic heterocycles. The molecular weight excluding hydrogens is 338 g/mol. The number of nitrogens with two attached hydrogens (primary N) is 1. The van der Waals surface area contributed by atoms with E-state index in [0.29, 0.717) is 58.0 Å². The highest BCUT2D eigenvalue weighted by atomic mass is 16.5. The SMILES string of the molecule is CCCn1c(N)c(N2CCOCC2)c(=O)n(CC(=O)N2CCCC2)c1=O. The van der Waals surface area contributed by atoms with Crippen molar-refractivity contribution in [3.63, 3.8) is 0 Å². The Labute approximate surface area is 151 Å². The minimum Gasteiger partial charge on any atom is -0.383 e. The molecule has 0 atom stereocenters. The lowest BCUT2D eigenvalue weighted by atomic mass is 10.3. The van der Waals surface area contributed by atoms with Gasteiger partial charge in [0.25, 0.3) is 5.56 Å². The summed E-state index contributed by atoms with van der Waals surface area (Å²) in [6.07, 6.45) is 2.62. The maximum absolute atomic E-state index is 13.0. The molecule has 0 bridgehead atoms. The largest absolute Gasteiger partial charge is 0.383 e. The average molecular weight is 365 g/mol. The topological polar surface area (TPSA) is 103 Å². The van der Waals surface area contributed by atoms with Gasteiger partial charge in [0.05, 0.1) is 13.2 Å². The van der Waals surface area contributed by atoms with E-state index in [1.165, 1.54) is 4.57 Å². The Kier molecular flexibility index (Phi) is 5.65. The Bertz CT molecular complexity index is 773. The first-order valence-electron chi connectivity index (χ1n) is 9.28. The van der Waals surface area contributed by atoms with Crippen molar-refractivity contribution in [2.75, 3.05) is 50.0 Å². The molecule has 0 spiro atoms. The molecule has 0 aliphatic carbocycles. The smallest absolute Gasteiger partial charge is 0.333 e. The molecule has 0 aromatic carbocycles. The van der Waals surface area contributed by atoms with Crippen LogP contribution < -0.4 is 21.9 Å². The number of aromatic nitrogens is 2. The zero-order valence-corrected chi connectivity index (χ0v) is 15.3. The predicted octanol–water partition coefficient (Wildman–Crippen LogP) is -0.539. The highest BCUT2D eigenvalue weighted by Crippen LogP contribution is 2.18. The van der Waals surface area contributed by atoms with Crippen LogP contribution in [0.1, 0.15) is 26.2 Å². The highest BCUT2D eigenvalue weighted by molar-refractivity contribution is 5.76. The van der Waals surface area contributed by atoms with Crippen molar-refractivity contribution in [1.29, 1.82) is 0 Å². The number of hydrogen-bond acceptors (Lipinski definition) is 6. The third-order valence-electron chi connectivity index (χ3n) is 4.97. The van der Waals surface area contributed by atoms with E-state index in [1.807, 2.05) is 11.8 Å². The average Bonchev–Trinajstić information content (AvgIpc) is 3.18. The fourth-order valence-electron chi connectivity index (χ4n) is 3.57. The van der Waals surface area contributed by atoms with Crippen LogP contribution in [0, 0.1) is 0 Å². The number of amides is 1. The molecule has 1 aromatic rings. The summed E-state index contributed by atoms with van der Waals surface area (Å²) in [7, 11) is 0. The summed E-state index contributed by atoms with van der Waals surface area (Å²) in [5.74, 6) is -0.0175. The van der Waals surface area contributed by atoms with Crippen molar-refractivity contribution in [2.24, 2.45) is 0 Å². The number of likely N-dealkylation sites (tertiary alicyclic amines) is 1. The summed E-state index contributed by atoms with van der Waals surface area (Å²) >= 11 is 0. The second-order valence-electron chi connectivity index (χ2n) is 6.75. The van der Waals surface area contributed by atoms with Gasteiger partial charge in [-0.25, -0.2) is 9.36 Å². The van der Waals surface area contributed by atoms with Gasteiger partial charge in [-0.1, -0.05) is 6.92 Å². The van der Waals surface area contributed by atoms with Crippen LogP contribution in [0.15, 0.2) is 9.59 Å². The van der Waals surface area contributed by atoms with E-state index in [0.717, 1.165) is 17.4 Å². The Balaban J connectivity index is 2.04. The predicted molar refractivity (Wildman–Crippen MR) is 98.5 cm³/mol. The van der Waals surface area contributed by atoms with Crippen molar-refractivity contribution in [3.05, 3.63) is 20.8 Å². The molecule has 2 fully saturated rings. The van der Waals surface area contributed by atoms with E-state index >= 15 is 0 Å². The number of carbonyl (C=O) groups is 1. The van der Waals surface area contributed by atoms with E-state index in [-0.39, 0.29) is 18.3 Å². The number of ether oxygens (including phenoxy) is 1. The van der Waals surface area contributed by atoms with E-state index in [4.69, 9.17) is 10.5 Å². The molecule has 26 heavy (non-hydrogen) atoms. The monoisotopic (exact) mass is 365 g/mol. The summed E-state index contributed by atoms with van der Waals surface area (Å²) in [5.41, 5.74) is 5.49. The summed E-state index contributed by atoms with van der Waals surface area (Å²) in [6.45, 7) is 5.53. The molecule has 1 amide bonds. The number of carbonyl (C=O) groups excluding carboxylic acids is 1. The van der Waals surface area contributed by atoms with Crippen LogP contribution in [0.2, 0.25) is 0 Å². The van der Waals surface area contributed by atoms with Gasteiger partial charge < -0.3 is 20.3 Å². The maximum atomic E-state index is 13.0. The molecule has 0 radical (unpaired) electrons. The van der Waals surface area contributed by atoms with Crippen molar-refractivity contribution in [3.8, 4) is 0 Å². The number of nitrogens with zero attached hydrogens (tertiary/aromatic N) is 4. The molecule has 0 unspecified atom stereocenters. The fourth-order valence-corrected chi connectivity index (χ4v) is 3.57. The molecule has 144 valence electrons. The lowest BCUT2D eigenvalue weighted by Crippen LogP contribution is -2.49. The molecule has 3 heterocycles. The first-order chi connectivity index (χ1) is 12.5. The molecule has 9 heteroatoms. The van der Waals surface area contributed by atoms with Crippen LogP contribution >= 0.6 is 0 Å². The summed E-state index contributed by atoms with van der Waals surface area (Å²) in [5, 5.41) is 0. The molecule has 2 N–H and O–H groups in total. The lowest BCUT2D eigenvalue weighted by molar-refractivity contribution is -0.130. The molecular formula is C17H27N5O4. The first-order valence-corrected chi connectivity index (χ1v) is 9.28. The van der Waals surface area contributed by atoms with Crippen LogP contribution in [0.3, 0.4) is 0 Å². The van der Waals surface area contributed by atoms with Crippen molar-refractivity contribution < 1.29 is 9.53 Å². The normalized spacial score (nSPS) is 17.7. The lowest BCUT2D eigenvalue weighted by Gasteiger charge is -2.30. The molecule has 1 aromatic heterocycles. The van der Waals surface area contributed by atoms with E-state index in [9.17, 15) is 14.4 Å².